The molecule has 3 nitrogen and oxygen atoms in total. The summed E-state index contributed by atoms with van der Waals surface area (Å²) in [5.74, 6) is 0.0138. The van der Waals surface area contributed by atoms with Crippen LogP contribution in [0.3, 0.4) is 0 Å². The third kappa shape index (κ3) is 5.05. The summed E-state index contributed by atoms with van der Waals surface area (Å²) in [6, 6.07) is 14.9. The van der Waals surface area contributed by atoms with Gasteiger partial charge >= 0.3 is 0 Å². The van der Waals surface area contributed by atoms with Gasteiger partial charge in [0.25, 0.3) is 0 Å². The highest BCUT2D eigenvalue weighted by Gasteiger charge is 2.19. The molecule has 0 bridgehead atoms. The van der Waals surface area contributed by atoms with Crippen molar-refractivity contribution < 1.29 is 4.79 Å². The van der Waals surface area contributed by atoms with Gasteiger partial charge in [-0.3, -0.25) is 9.69 Å². The number of amides is 1. The number of thiophene rings is 1. The monoisotopic (exact) mass is 326 g/mol. The molecule has 1 aromatic heterocycles. The number of hydrogen-bond acceptors (Lipinski definition) is 3. The average Bonchev–Trinajstić information content (AvgIpc) is 3.09. The average molecular weight is 326 g/mol. The van der Waals surface area contributed by atoms with Crippen molar-refractivity contribution in [2.45, 2.75) is 25.4 Å². The lowest BCUT2D eigenvalue weighted by atomic mass is 10.0. The van der Waals surface area contributed by atoms with Crippen molar-refractivity contribution in [2.75, 3.05) is 13.1 Å². The molecule has 0 unspecified atom stereocenters. The number of piperidine rings is 1. The van der Waals surface area contributed by atoms with Crippen LogP contribution in [0.1, 0.15) is 23.3 Å². The van der Waals surface area contributed by atoms with Crippen molar-refractivity contribution in [3.8, 4) is 0 Å². The van der Waals surface area contributed by atoms with Gasteiger partial charge in [0.2, 0.25) is 5.91 Å². The van der Waals surface area contributed by atoms with Crippen LogP contribution in [0.15, 0.2) is 53.9 Å². The van der Waals surface area contributed by atoms with Crippen LogP contribution in [-0.4, -0.2) is 29.9 Å². The van der Waals surface area contributed by atoms with Crippen LogP contribution in [0.2, 0.25) is 0 Å². The molecule has 1 aromatic carbocycles. The second-order valence-corrected chi connectivity index (χ2v) is 6.87. The molecule has 0 saturated carbocycles. The topological polar surface area (TPSA) is 32.3 Å². The van der Waals surface area contributed by atoms with E-state index in [2.05, 4.69) is 40.5 Å². The summed E-state index contributed by atoms with van der Waals surface area (Å²) in [6.07, 6.45) is 5.56. The van der Waals surface area contributed by atoms with Gasteiger partial charge in [-0.15, -0.1) is 11.3 Å². The van der Waals surface area contributed by atoms with Crippen LogP contribution in [0.25, 0.3) is 6.08 Å². The van der Waals surface area contributed by atoms with Gasteiger partial charge in [-0.05, 0) is 35.9 Å². The molecule has 120 valence electrons. The van der Waals surface area contributed by atoms with Crippen molar-refractivity contribution >= 4 is 23.3 Å². The number of carbonyl (C=O) groups excluding carboxylic acids is 1. The molecule has 1 aliphatic heterocycles. The second kappa shape index (κ2) is 8.09. The minimum Gasteiger partial charge on any atom is -0.350 e. The highest BCUT2D eigenvalue weighted by atomic mass is 32.1. The SMILES string of the molecule is O=C(C=Cc1cccs1)NC1CCN(Cc2ccccc2)CC1. The third-order valence-corrected chi connectivity index (χ3v) is 4.96. The molecular weight excluding hydrogens is 304 g/mol. The third-order valence-electron chi connectivity index (χ3n) is 4.13. The predicted molar refractivity (Wildman–Crippen MR) is 96.2 cm³/mol. The Balaban J connectivity index is 1.41. The quantitative estimate of drug-likeness (QED) is 0.852. The standard InChI is InChI=1S/C19H22N2OS/c22-19(9-8-18-7-4-14-23-18)20-17-10-12-21(13-11-17)15-16-5-2-1-3-6-16/h1-9,14,17H,10-13,15H2,(H,20,22). The molecule has 3 rings (SSSR count). The lowest BCUT2D eigenvalue weighted by Crippen LogP contribution is -2.43. The van der Waals surface area contributed by atoms with E-state index in [-0.39, 0.29) is 5.91 Å². The zero-order valence-corrected chi connectivity index (χ0v) is 14.0. The highest BCUT2D eigenvalue weighted by Crippen LogP contribution is 2.14. The normalized spacial score (nSPS) is 16.7. The fourth-order valence-electron chi connectivity index (χ4n) is 2.87. The van der Waals surface area contributed by atoms with Crippen LogP contribution < -0.4 is 5.32 Å². The van der Waals surface area contributed by atoms with Crippen molar-refractivity contribution in [2.24, 2.45) is 0 Å². The first-order valence-corrected chi connectivity index (χ1v) is 8.96. The van der Waals surface area contributed by atoms with E-state index in [1.165, 1.54) is 5.56 Å². The zero-order chi connectivity index (χ0) is 15.9. The van der Waals surface area contributed by atoms with Crippen LogP contribution in [0, 0.1) is 0 Å². The van der Waals surface area contributed by atoms with E-state index in [9.17, 15) is 4.79 Å². The highest BCUT2D eigenvalue weighted by molar-refractivity contribution is 7.10. The summed E-state index contributed by atoms with van der Waals surface area (Å²) < 4.78 is 0. The molecule has 0 aliphatic carbocycles. The van der Waals surface area contributed by atoms with Gasteiger partial charge in [0.05, 0.1) is 0 Å². The van der Waals surface area contributed by atoms with E-state index in [1.807, 2.05) is 23.6 Å². The maximum absolute atomic E-state index is 12.0. The molecule has 1 fully saturated rings. The van der Waals surface area contributed by atoms with Gasteiger partial charge in [-0.25, -0.2) is 0 Å². The van der Waals surface area contributed by atoms with Crippen molar-refractivity contribution in [3.05, 3.63) is 64.4 Å². The van der Waals surface area contributed by atoms with Gasteiger partial charge < -0.3 is 5.32 Å². The van der Waals surface area contributed by atoms with Gasteiger partial charge in [-0.1, -0.05) is 36.4 Å². The summed E-state index contributed by atoms with van der Waals surface area (Å²) in [4.78, 5) is 15.5. The number of rotatable bonds is 5. The number of benzene rings is 1. The molecule has 0 atom stereocenters. The maximum Gasteiger partial charge on any atom is 0.244 e. The van der Waals surface area contributed by atoms with Crippen LogP contribution >= 0.6 is 11.3 Å². The first-order chi connectivity index (χ1) is 11.3. The van der Waals surface area contributed by atoms with E-state index < -0.39 is 0 Å². The molecule has 1 amide bonds. The van der Waals surface area contributed by atoms with E-state index in [4.69, 9.17) is 0 Å². The minimum absolute atomic E-state index is 0.0138. The fourth-order valence-corrected chi connectivity index (χ4v) is 3.49. The Labute approximate surface area is 141 Å². The smallest absolute Gasteiger partial charge is 0.244 e. The molecule has 4 heteroatoms. The first-order valence-electron chi connectivity index (χ1n) is 8.08. The molecule has 2 heterocycles. The molecule has 2 aromatic rings. The molecule has 1 aliphatic rings. The van der Waals surface area contributed by atoms with Crippen molar-refractivity contribution in [1.82, 2.24) is 10.2 Å². The Hall–Kier alpha value is -1.91. The Kier molecular flexibility index (Phi) is 5.61. The van der Waals surface area contributed by atoms with Crippen LogP contribution in [0.4, 0.5) is 0 Å². The Morgan fingerprint density at radius 3 is 2.65 bits per heavy atom. The maximum atomic E-state index is 12.0. The molecule has 0 spiro atoms. The number of hydrogen-bond donors (Lipinski definition) is 1. The fraction of sp³-hybridized carbons (Fsp3) is 0.316. The van der Waals surface area contributed by atoms with Crippen molar-refractivity contribution in [1.29, 1.82) is 0 Å². The number of nitrogens with zero attached hydrogens (tertiary/aromatic N) is 1. The lowest BCUT2D eigenvalue weighted by molar-refractivity contribution is -0.117. The largest absolute Gasteiger partial charge is 0.350 e. The summed E-state index contributed by atoms with van der Waals surface area (Å²) in [5, 5.41) is 5.13. The Morgan fingerprint density at radius 2 is 1.96 bits per heavy atom. The summed E-state index contributed by atoms with van der Waals surface area (Å²) in [6.45, 7) is 3.07. The van der Waals surface area contributed by atoms with Crippen LogP contribution in [-0.2, 0) is 11.3 Å². The van der Waals surface area contributed by atoms with E-state index in [0.29, 0.717) is 6.04 Å². The number of nitrogens with one attached hydrogen (secondary N) is 1. The number of likely N-dealkylation sites (tertiary alicyclic amines) is 1. The van der Waals surface area contributed by atoms with E-state index >= 15 is 0 Å². The van der Waals surface area contributed by atoms with E-state index in [0.717, 1.165) is 37.4 Å². The van der Waals surface area contributed by atoms with E-state index in [1.54, 1.807) is 17.4 Å². The first kappa shape index (κ1) is 16.0. The van der Waals surface area contributed by atoms with Gasteiger partial charge in [0.1, 0.15) is 0 Å². The second-order valence-electron chi connectivity index (χ2n) is 5.89. The Bertz CT molecular complexity index is 629. The summed E-state index contributed by atoms with van der Waals surface area (Å²) in [5.41, 5.74) is 1.36. The molecule has 23 heavy (non-hydrogen) atoms. The van der Waals surface area contributed by atoms with Gasteiger partial charge in [-0.2, -0.15) is 0 Å². The minimum atomic E-state index is 0.0138. The van der Waals surface area contributed by atoms with Gasteiger partial charge in [0, 0.05) is 36.6 Å². The summed E-state index contributed by atoms with van der Waals surface area (Å²) >= 11 is 1.64. The number of carbonyl (C=O) groups is 1. The summed E-state index contributed by atoms with van der Waals surface area (Å²) in [7, 11) is 0. The molecule has 1 N–H and O–H groups in total. The van der Waals surface area contributed by atoms with Crippen molar-refractivity contribution in [3.63, 3.8) is 0 Å². The Morgan fingerprint density at radius 1 is 1.17 bits per heavy atom. The molecular formula is C19H22N2OS. The molecule has 0 radical (unpaired) electrons. The zero-order valence-electron chi connectivity index (χ0n) is 13.2. The van der Waals surface area contributed by atoms with Gasteiger partial charge in [0.15, 0.2) is 0 Å². The predicted octanol–water partition coefficient (Wildman–Crippen LogP) is 3.54. The lowest BCUT2D eigenvalue weighted by Gasteiger charge is -2.32. The molecule has 1 saturated heterocycles. The van der Waals surface area contributed by atoms with Crippen LogP contribution in [0.5, 0.6) is 0 Å².